The van der Waals surface area contributed by atoms with Crippen LogP contribution in [0, 0.1) is 0 Å². The van der Waals surface area contributed by atoms with Gasteiger partial charge in [0.15, 0.2) is 0 Å². The quantitative estimate of drug-likeness (QED) is 0.365. The number of nitrogens with one attached hydrogen (secondary N) is 2. The zero-order valence-corrected chi connectivity index (χ0v) is 15.5. The Morgan fingerprint density at radius 3 is 1.19 bits per heavy atom. The molecule has 0 atom stereocenters. The molecule has 0 aromatic heterocycles. The van der Waals surface area contributed by atoms with E-state index in [2.05, 4.69) is 10.6 Å². The van der Waals surface area contributed by atoms with Crippen LogP contribution in [-0.4, -0.2) is 100 Å². The maximum Gasteiger partial charge on any atom is 2.00 e. The van der Waals surface area contributed by atoms with Crippen LogP contribution >= 0.6 is 0 Å². The molecule has 2 amide bonds. The molecule has 0 rings (SSSR count). The number of carbonyl (C=O) groups excluding carboxylic acids is 2. The molecule has 0 fully saturated rings. The summed E-state index contributed by atoms with van der Waals surface area (Å²) in [6.45, 7) is 2.27. The third-order valence-electron chi connectivity index (χ3n) is 1.45. The maximum absolute atomic E-state index is 10.1. The Morgan fingerprint density at radius 1 is 0.810 bits per heavy atom. The summed E-state index contributed by atoms with van der Waals surface area (Å²) in [6, 6.07) is 0. The smallest absolute Gasteiger partial charge is 0.748 e. The van der Waals surface area contributed by atoms with Gasteiger partial charge in [0.25, 0.3) is 0 Å². The molecule has 0 heterocycles. The van der Waals surface area contributed by atoms with Crippen molar-refractivity contribution in [2.75, 3.05) is 24.6 Å². The minimum absolute atomic E-state index is 0. The number of rotatable bonds is 6. The molecule has 2 N–H and O–H groups in total. The third kappa shape index (κ3) is 33.1. The average Bonchev–Trinajstić information content (AvgIpc) is 2.12. The van der Waals surface area contributed by atoms with Gasteiger partial charge in [0, 0.05) is 26.9 Å². The summed E-state index contributed by atoms with van der Waals surface area (Å²) >= 11 is 0. The second kappa shape index (κ2) is 12.6. The molecule has 21 heavy (non-hydrogen) atoms. The Hall–Kier alpha value is 0.0197. The van der Waals surface area contributed by atoms with Crippen molar-refractivity contribution in [1.29, 1.82) is 0 Å². The normalized spacial score (nSPS) is 10.5. The van der Waals surface area contributed by atoms with E-state index in [0.29, 0.717) is 0 Å². The van der Waals surface area contributed by atoms with Crippen molar-refractivity contribution in [3.8, 4) is 0 Å². The Labute approximate surface area is 153 Å². The summed E-state index contributed by atoms with van der Waals surface area (Å²) in [6.07, 6.45) is 0. The molecular weight excluding hydrogens is 356 g/mol. The molecule has 0 aliphatic rings. The van der Waals surface area contributed by atoms with Crippen LogP contribution in [0.5, 0.6) is 0 Å². The van der Waals surface area contributed by atoms with Crippen molar-refractivity contribution in [3.05, 3.63) is 0 Å². The molecular formula is C8H16CaN2O8S2. The van der Waals surface area contributed by atoms with Crippen molar-refractivity contribution in [1.82, 2.24) is 10.6 Å². The van der Waals surface area contributed by atoms with Gasteiger partial charge in [-0.05, 0) is 0 Å². The van der Waals surface area contributed by atoms with Gasteiger partial charge in [-0.1, -0.05) is 0 Å². The molecule has 0 aliphatic heterocycles. The first-order valence-electron chi connectivity index (χ1n) is 5.19. The van der Waals surface area contributed by atoms with E-state index in [9.17, 15) is 35.5 Å². The average molecular weight is 372 g/mol. The van der Waals surface area contributed by atoms with Crippen LogP contribution in [0.3, 0.4) is 0 Å². The molecule has 0 aromatic rings. The Kier molecular flexibility index (Phi) is 15.5. The van der Waals surface area contributed by atoms with Gasteiger partial charge in [-0.2, -0.15) is 0 Å². The monoisotopic (exact) mass is 372 g/mol. The standard InChI is InChI=1S/2C4H9NO4S.Ca/c2*1-4(6)5-2-3-10(7,8)9;/h2*2-3H2,1H3,(H,5,6)(H,7,8,9);/q;;+2/p-2. The summed E-state index contributed by atoms with van der Waals surface area (Å²) in [7, 11) is -8.37. The minimum atomic E-state index is -4.18. The van der Waals surface area contributed by atoms with Crippen molar-refractivity contribution in [3.63, 3.8) is 0 Å². The largest absolute Gasteiger partial charge is 2.00 e. The van der Waals surface area contributed by atoms with Crippen LogP contribution in [0.25, 0.3) is 0 Å². The molecule has 0 radical (unpaired) electrons. The van der Waals surface area contributed by atoms with E-state index in [1.54, 1.807) is 0 Å². The van der Waals surface area contributed by atoms with Gasteiger partial charge in [-0.25, -0.2) is 16.8 Å². The van der Waals surface area contributed by atoms with E-state index in [1.807, 2.05) is 0 Å². The summed E-state index contributed by atoms with van der Waals surface area (Å²) in [5.41, 5.74) is 0. The first-order valence-corrected chi connectivity index (χ1v) is 8.35. The van der Waals surface area contributed by atoms with Gasteiger partial charge in [-0.15, -0.1) is 0 Å². The van der Waals surface area contributed by atoms with Gasteiger partial charge < -0.3 is 19.7 Å². The third-order valence-corrected chi connectivity index (χ3v) is 2.86. The van der Waals surface area contributed by atoms with Gasteiger partial charge in [-0.3, -0.25) is 9.59 Å². The first-order chi connectivity index (χ1) is 8.83. The molecule has 120 valence electrons. The second-order valence-electron chi connectivity index (χ2n) is 3.49. The minimum Gasteiger partial charge on any atom is -0.748 e. The van der Waals surface area contributed by atoms with Crippen molar-refractivity contribution < 1.29 is 35.5 Å². The molecule has 0 unspecified atom stereocenters. The molecule has 0 aromatic carbocycles. The van der Waals surface area contributed by atoms with E-state index in [4.69, 9.17) is 0 Å². The maximum atomic E-state index is 10.1. The SMILES string of the molecule is CC(=O)NCCS(=O)(=O)[O-].CC(=O)NCCS(=O)(=O)[O-].[Ca+2]. The van der Waals surface area contributed by atoms with Crippen LogP contribution in [0.1, 0.15) is 13.8 Å². The van der Waals surface area contributed by atoms with E-state index in [-0.39, 0.29) is 62.6 Å². The molecule has 0 saturated carbocycles. The zero-order chi connectivity index (χ0) is 16.4. The van der Waals surface area contributed by atoms with Gasteiger partial charge in [0.2, 0.25) is 11.8 Å². The predicted molar refractivity (Wildman–Crippen MR) is 72.2 cm³/mol. The first kappa shape index (κ1) is 25.9. The van der Waals surface area contributed by atoms with Crippen molar-refractivity contribution >= 4 is 69.8 Å². The number of hydrogen-bond donors (Lipinski definition) is 2. The number of carbonyl (C=O) groups is 2. The van der Waals surface area contributed by atoms with Gasteiger partial charge in [0.1, 0.15) is 0 Å². The summed E-state index contributed by atoms with van der Waals surface area (Å²) in [5, 5.41) is 4.37. The fourth-order valence-electron chi connectivity index (χ4n) is 0.704. The Balaban J connectivity index is -0.000000295. The van der Waals surface area contributed by atoms with Gasteiger partial charge >= 0.3 is 37.7 Å². The fraction of sp³-hybridized carbons (Fsp3) is 0.750. The number of hydrogen-bond acceptors (Lipinski definition) is 8. The molecule has 13 heteroatoms. The van der Waals surface area contributed by atoms with E-state index < -0.39 is 31.7 Å². The molecule has 0 aliphatic carbocycles. The second-order valence-corrected chi connectivity index (χ2v) is 6.54. The van der Waals surface area contributed by atoms with Crippen LogP contribution in [0.4, 0.5) is 0 Å². The van der Waals surface area contributed by atoms with Crippen LogP contribution in [-0.2, 0) is 29.8 Å². The Bertz CT molecular complexity index is 468. The molecule has 0 spiro atoms. The predicted octanol–water partition coefficient (Wildman–Crippen LogP) is -3.05. The van der Waals surface area contributed by atoms with Gasteiger partial charge in [0.05, 0.1) is 31.7 Å². The molecule has 10 nitrogen and oxygen atoms in total. The zero-order valence-electron chi connectivity index (χ0n) is 11.6. The topological polar surface area (TPSA) is 173 Å². The summed E-state index contributed by atoms with van der Waals surface area (Å²) < 4.78 is 59.4. The van der Waals surface area contributed by atoms with E-state index in [0.717, 1.165) is 0 Å². The number of amides is 2. The van der Waals surface area contributed by atoms with Crippen molar-refractivity contribution in [2.45, 2.75) is 13.8 Å². The summed E-state index contributed by atoms with van der Waals surface area (Å²) in [4.78, 5) is 20.2. The van der Waals surface area contributed by atoms with E-state index in [1.165, 1.54) is 13.8 Å². The fourth-order valence-corrected chi connectivity index (χ4v) is 1.41. The molecule has 0 bridgehead atoms. The van der Waals surface area contributed by atoms with Crippen molar-refractivity contribution in [2.24, 2.45) is 0 Å². The van der Waals surface area contributed by atoms with Crippen LogP contribution in [0.15, 0.2) is 0 Å². The van der Waals surface area contributed by atoms with Crippen LogP contribution < -0.4 is 10.6 Å². The Morgan fingerprint density at radius 2 is 1.05 bits per heavy atom. The summed E-state index contributed by atoms with van der Waals surface area (Å²) in [5.74, 6) is -1.79. The van der Waals surface area contributed by atoms with Crippen LogP contribution in [0.2, 0.25) is 0 Å². The molecule has 0 saturated heterocycles. The van der Waals surface area contributed by atoms with E-state index >= 15 is 0 Å².